The standard InChI is InChI=1S/C9H10N2/c1-3-4-5-9-6-10-7-11-8(9)2/h3-7H,1H2,2H3/b5-4-. The van der Waals surface area contributed by atoms with Crippen LogP contribution in [0.2, 0.25) is 0 Å². The molecule has 0 saturated heterocycles. The second-order valence-corrected chi connectivity index (χ2v) is 2.16. The van der Waals surface area contributed by atoms with Gasteiger partial charge in [-0.2, -0.15) is 0 Å². The van der Waals surface area contributed by atoms with E-state index in [0.717, 1.165) is 11.3 Å². The first kappa shape index (κ1) is 7.66. The van der Waals surface area contributed by atoms with Gasteiger partial charge in [0.2, 0.25) is 0 Å². The number of aromatic nitrogens is 2. The van der Waals surface area contributed by atoms with E-state index >= 15 is 0 Å². The molecule has 0 spiro atoms. The molecule has 0 unspecified atom stereocenters. The van der Waals surface area contributed by atoms with Crippen LogP contribution in [0.15, 0.2) is 31.3 Å². The molecule has 1 aromatic heterocycles. The number of rotatable bonds is 2. The largest absolute Gasteiger partial charge is 0.244 e. The summed E-state index contributed by atoms with van der Waals surface area (Å²) >= 11 is 0. The maximum absolute atomic E-state index is 4.04. The molecule has 2 heteroatoms. The molecule has 0 N–H and O–H groups in total. The Hall–Kier alpha value is -1.44. The average molecular weight is 146 g/mol. The Bertz CT molecular complexity index is 277. The van der Waals surface area contributed by atoms with Gasteiger partial charge in [0.15, 0.2) is 0 Å². The second kappa shape index (κ2) is 3.66. The normalized spacial score (nSPS) is 10.3. The van der Waals surface area contributed by atoms with Gasteiger partial charge in [0.1, 0.15) is 6.33 Å². The fourth-order valence-corrected chi connectivity index (χ4v) is 0.737. The molecule has 0 amide bonds. The Morgan fingerprint density at radius 3 is 3.00 bits per heavy atom. The van der Waals surface area contributed by atoms with Crippen LogP contribution in [0.4, 0.5) is 0 Å². The molecule has 0 bridgehead atoms. The molecule has 0 fully saturated rings. The number of aryl methyl sites for hydroxylation is 1. The molecule has 1 aromatic rings. The SMILES string of the molecule is C=C/C=C\c1cncnc1C. The van der Waals surface area contributed by atoms with E-state index in [0.29, 0.717) is 0 Å². The summed E-state index contributed by atoms with van der Waals surface area (Å²) in [4.78, 5) is 7.94. The van der Waals surface area contributed by atoms with Crippen LogP contribution in [0, 0.1) is 6.92 Å². The molecule has 0 atom stereocenters. The monoisotopic (exact) mass is 146 g/mol. The number of nitrogens with zero attached hydrogens (tertiary/aromatic N) is 2. The van der Waals surface area contributed by atoms with Gasteiger partial charge in [0, 0.05) is 17.5 Å². The van der Waals surface area contributed by atoms with Crippen molar-refractivity contribution >= 4 is 6.08 Å². The average Bonchev–Trinajstić information content (AvgIpc) is 2.03. The first-order valence-electron chi connectivity index (χ1n) is 3.40. The minimum Gasteiger partial charge on any atom is -0.244 e. The smallest absolute Gasteiger partial charge is 0.115 e. The molecule has 1 heterocycles. The van der Waals surface area contributed by atoms with Crippen LogP contribution in [0.3, 0.4) is 0 Å². The van der Waals surface area contributed by atoms with Gasteiger partial charge in [0.05, 0.1) is 0 Å². The van der Waals surface area contributed by atoms with Crippen molar-refractivity contribution in [3.05, 3.63) is 42.5 Å². The third kappa shape index (κ3) is 2.00. The maximum Gasteiger partial charge on any atom is 0.115 e. The van der Waals surface area contributed by atoms with Crippen molar-refractivity contribution in [2.75, 3.05) is 0 Å². The topological polar surface area (TPSA) is 25.8 Å². The van der Waals surface area contributed by atoms with Gasteiger partial charge in [-0.25, -0.2) is 9.97 Å². The molecule has 0 aromatic carbocycles. The lowest BCUT2D eigenvalue weighted by atomic mass is 10.2. The van der Waals surface area contributed by atoms with Crippen molar-refractivity contribution < 1.29 is 0 Å². The van der Waals surface area contributed by atoms with Crippen LogP contribution in [0.5, 0.6) is 0 Å². The minimum atomic E-state index is 0.984. The lowest BCUT2D eigenvalue weighted by Gasteiger charge is -1.94. The zero-order chi connectivity index (χ0) is 8.10. The molecule has 0 aliphatic rings. The predicted octanol–water partition coefficient (Wildman–Crippen LogP) is 1.98. The van der Waals surface area contributed by atoms with Crippen molar-refractivity contribution in [3.8, 4) is 0 Å². The van der Waals surface area contributed by atoms with Crippen LogP contribution in [-0.4, -0.2) is 9.97 Å². The Morgan fingerprint density at radius 2 is 2.36 bits per heavy atom. The van der Waals surface area contributed by atoms with E-state index in [1.54, 1.807) is 18.6 Å². The highest BCUT2D eigenvalue weighted by molar-refractivity contribution is 5.51. The summed E-state index contributed by atoms with van der Waals surface area (Å²) in [6, 6.07) is 0. The first-order valence-corrected chi connectivity index (χ1v) is 3.40. The highest BCUT2D eigenvalue weighted by atomic mass is 14.8. The molecule has 0 aliphatic carbocycles. The van der Waals surface area contributed by atoms with E-state index in [-0.39, 0.29) is 0 Å². The molecule has 11 heavy (non-hydrogen) atoms. The van der Waals surface area contributed by atoms with Gasteiger partial charge in [-0.05, 0) is 6.92 Å². The van der Waals surface area contributed by atoms with Crippen molar-refractivity contribution in [2.24, 2.45) is 0 Å². The third-order valence-corrected chi connectivity index (χ3v) is 1.36. The van der Waals surface area contributed by atoms with Crippen LogP contribution >= 0.6 is 0 Å². The van der Waals surface area contributed by atoms with Crippen molar-refractivity contribution in [2.45, 2.75) is 6.92 Å². The van der Waals surface area contributed by atoms with Crippen LogP contribution in [0.25, 0.3) is 6.08 Å². The van der Waals surface area contributed by atoms with Crippen LogP contribution < -0.4 is 0 Å². The number of hydrogen-bond acceptors (Lipinski definition) is 2. The number of allylic oxidation sites excluding steroid dienone is 2. The zero-order valence-corrected chi connectivity index (χ0v) is 6.49. The van der Waals surface area contributed by atoms with Crippen molar-refractivity contribution in [3.63, 3.8) is 0 Å². The van der Waals surface area contributed by atoms with E-state index in [1.165, 1.54) is 0 Å². The maximum atomic E-state index is 4.04. The predicted molar refractivity (Wildman–Crippen MR) is 46.0 cm³/mol. The van der Waals surface area contributed by atoms with Gasteiger partial charge in [0.25, 0.3) is 0 Å². The van der Waals surface area contributed by atoms with Crippen molar-refractivity contribution in [1.82, 2.24) is 9.97 Å². The Kier molecular flexibility index (Phi) is 2.55. The van der Waals surface area contributed by atoms with Crippen LogP contribution in [0.1, 0.15) is 11.3 Å². The van der Waals surface area contributed by atoms with Gasteiger partial charge >= 0.3 is 0 Å². The molecule has 1 rings (SSSR count). The summed E-state index contributed by atoms with van der Waals surface area (Å²) in [6.45, 7) is 5.53. The van der Waals surface area contributed by atoms with Crippen LogP contribution in [-0.2, 0) is 0 Å². The van der Waals surface area contributed by atoms with E-state index in [9.17, 15) is 0 Å². The molecule has 0 saturated carbocycles. The quantitative estimate of drug-likeness (QED) is 0.596. The summed E-state index contributed by atoms with van der Waals surface area (Å²) in [5, 5.41) is 0. The highest BCUT2D eigenvalue weighted by Gasteiger charge is 1.90. The van der Waals surface area contributed by atoms with E-state index in [1.807, 2.05) is 19.1 Å². The molecule has 0 aliphatic heterocycles. The summed E-state index contributed by atoms with van der Waals surface area (Å²) < 4.78 is 0. The first-order chi connectivity index (χ1) is 5.34. The van der Waals surface area contributed by atoms with Gasteiger partial charge in [-0.1, -0.05) is 24.8 Å². The van der Waals surface area contributed by atoms with E-state index in [4.69, 9.17) is 0 Å². The molecular formula is C9H10N2. The third-order valence-electron chi connectivity index (χ3n) is 1.36. The lowest BCUT2D eigenvalue weighted by molar-refractivity contribution is 1.09. The Balaban J connectivity index is 2.94. The molecular weight excluding hydrogens is 136 g/mol. The highest BCUT2D eigenvalue weighted by Crippen LogP contribution is 2.03. The summed E-state index contributed by atoms with van der Waals surface area (Å²) in [5.41, 5.74) is 2.02. The molecule has 56 valence electrons. The van der Waals surface area contributed by atoms with E-state index < -0.39 is 0 Å². The fraction of sp³-hybridized carbons (Fsp3) is 0.111. The summed E-state index contributed by atoms with van der Waals surface area (Å²) in [7, 11) is 0. The summed E-state index contributed by atoms with van der Waals surface area (Å²) in [6.07, 6.45) is 8.85. The zero-order valence-electron chi connectivity index (χ0n) is 6.49. The summed E-state index contributed by atoms with van der Waals surface area (Å²) in [5.74, 6) is 0. The van der Waals surface area contributed by atoms with Crippen molar-refractivity contribution in [1.29, 1.82) is 0 Å². The van der Waals surface area contributed by atoms with Gasteiger partial charge < -0.3 is 0 Å². The van der Waals surface area contributed by atoms with E-state index in [2.05, 4.69) is 16.5 Å². The van der Waals surface area contributed by atoms with Gasteiger partial charge in [-0.3, -0.25) is 0 Å². The molecule has 2 nitrogen and oxygen atoms in total. The van der Waals surface area contributed by atoms with Gasteiger partial charge in [-0.15, -0.1) is 0 Å². The fourth-order valence-electron chi connectivity index (χ4n) is 0.737. The lowest BCUT2D eigenvalue weighted by Crippen LogP contribution is -1.86. The minimum absolute atomic E-state index is 0.984. The molecule has 0 radical (unpaired) electrons. The Morgan fingerprint density at radius 1 is 1.55 bits per heavy atom. The Labute approximate surface area is 66.3 Å². The number of hydrogen-bond donors (Lipinski definition) is 0. The second-order valence-electron chi connectivity index (χ2n) is 2.16.